The molecule has 0 aliphatic carbocycles. The second-order valence-corrected chi connectivity index (χ2v) is 6.76. The van der Waals surface area contributed by atoms with Crippen LogP contribution in [0.15, 0.2) is 6.20 Å². The van der Waals surface area contributed by atoms with Gasteiger partial charge in [0, 0.05) is 20.8 Å². The number of nitrogens with zero attached hydrogens (tertiary/aromatic N) is 4. The lowest BCUT2D eigenvalue weighted by molar-refractivity contribution is -0.166. The molecule has 12 heteroatoms. The Morgan fingerprint density at radius 2 is 1.76 bits per heavy atom. The number of aromatic nitrogens is 4. The summed E-state index contributed by atoms with van der Waals surface area (Å²) < 4.78 is 23.0. The SMILES string of the molecule is CC(=O)OC[C@H]1O[C@@H](n2ncc3c(C)nc(Cl)nc32)[C@H](OC(C)=O)[C@@H]1OC(C)=O. The fourth-order valence-electron chi connectivity index (χ4n) is 3.11. The fourth-order valence-corrected chi connectivity index (χ4v) is 3.32. The molecule has 0 saturated carbocycles. The third-order valence-electron chi connectivity index (χ3n) is 4.20. The van der Waals surface area contributed by atoms with Crippen molar-refractivity contribution in [1.82, 2.24) is 19.7 Å². The van der Waals surface area contributed by atoms with Gasteiger partial charge in [-0.15, -0.1) is 0 Å². The quantitative estimate of drug-likeness (QED) is 0.389. The fraction of sp³-hybridized carbons (Fsp3) is 0.529. The van der Waals surface area contributed by atoms with Gasteiger partial charge in [0.2, 0.25) is 5.28 Å². The van der Waals surface area contributed by atoms with Gasteiger partial charge in [-0.25, -0.2) is 9.67 Å². The van der Waals surface area contributed by atoms with Crippen LogP contribution in [-0.2, 0) is 33.3 Å². The van der Waals surface area contributed by atoms with Gasteiger partial charge in [-0.3, -0.25) is 14.4 Å². The highest BCUT2D eigenvalue weighted by molar-refractivity contribution is 6.28. The molecule has 2 aromatic rings. The van der Waals surface area contributed by atoms with Crippen LogP contribution in [0.2, 0.25) is 5.28 Å². The second-order valence-electron chi connectivity index (χ2n) is 6.42. The maximum absolute atomic E-state index is 11.7. The van der Waals surface area contributed by atoms with Gasteiger partial charge < -0.3 is 18.9 Å². The molecule has 0 bridgehead atoms. The Labute approximate surface area is 170 Å². The second kappa shape index (κ2) is 8.29. The molecule has 2 aromatic heterocycles. The summed E-state index contributed by atoms with van der Waals surface area (Å²) in [5.41, 5.74) is 0.945. The van der Waals surface area contributed by atoms with Crippen molar-refractivity contribution in [3.05, 3.63) is 17.2 Å². The van der Waals surface area contributed by atoms with E-state index in [0.717, 1.165) is 0 Å². The Morgan fingerprint density at radius 3 is 2.38 bits per heavy atom. The third-order valence-corrected chi connectivity index (χ3v) is 4.37. The number of esters is 3. The highest BCUT2D eigenvalue weighted by atomic mass is 35.5. The topological polar surface area (TPSA) is 132 Å². The minimum Gasteiger partial charge on any atom is -0.463 e. The first-order chi connectivity index (χ1) is 13.7. The summed E-state index contributed by atoms with van der Waals surface area (Å²) in [6.45, 7) is 5.19. The zero-order valence-corrected chi connectivity index (χ0v) is 16.9. The summed E-state index contributed by atoms with van der Waals surface area (Å²) in [6.07, 6.45) is -2.47. The Kier molecular flexibility index (Phi) is 5.99. The Hall–Kier alpha value is -2.79. The molecule has 3 rings (SSSR count). The van der Waals surface area contributed by atoms with E-state index in [-0.39, 0.29) is 11.9 Å². The number of fused-ring (bicyclic) bond motifs is 1. The number of carbonyl (C=O) groups is 3. The molecule has 0 spiro atoms. The monoisotopic (exact) mass is 426 g/mol. The van der Waals surface area contributed by atoms with Crippen molar-refractivity contribution in [3.8, 4) is 0 Å². The number of aryl methyl sites for hydroxylation is 1. The van der Waals surface area contributed by atoms with E-state index in [2.05, 4.69) is 15.1 Å². The molecular weight excluding hydrogens is 408 g/mol. The summed E-state index contributed by atoms with van der Waals surface area (Å²) in [7, 11) is 0. The van der Waals surface area contributed by atoms with Gasteiger partial charge in [0.25, 0.3) is 0 Å². The molecule has 1 fully saturated rings. The Morgan fingerprint density at radius 1 is 1.10 bits per heavy atom. The average Bonchev–Trinajstić information content (AvgIpc) is 3.15. The molecule has 0 unspecified atom stereocenters. The lowest BCUT2D eigenvalue weighted by Crippen LogP contribution is -2.40. The molecule has 1 saturated heterocycles. The molecule has 0 aromatic carbocycles. The van der Waals surface area contributed by atoms with Crippen LogP contribution in [0.25, 0.3) is 11.0 Å². The number of hydrogen-bond acceptors (Lipinski definition) is 10. The number of rotatable bonds is 5. The zero-order valence-electron chi connectivity index (χ0n) is 16.1. The van der Waals surface area contributed by atoms with Gasteiger partial charge in [0.05, 0.1) is 17.3 Å². The van der Waals surface area contributed by atoms with Gasteiger partial charge in [-0.1, -0.05) is 0 Å². The van der Waals surface area contributed by atoms with E-state index in [0.29, 0.717) is 16.7 Å². The Balaban J connectivity index is 2.04. The smallest absolute Gasteiger partial charge is 0.303 e. The van der Waals surface area contributed by atoms with Crippen molar-refractivity contribution < 1.29 is 33.3 Å². The zero-order chi connectivity index (χ0) is 21.3. The normalized spacial score (nSPS) is 23.8. The van der Waals surface area contributed by atoms with Gasteiger partial charge in [0.1, 0.15) is 12.7 Å². The van der Waals surface area contributed by atoms with Gasteiger partial charge >= 0.3 is 17.9 Å². The molecule has 29 heavy (non-hydrogen) atoms. The van der Waals surface area contributed by atoms with E-state index in [1.165, 1.54) is 31.6 Å². The van der Waals surface area contributed by atoms with Gasteiger partial charge in [-0.05, 0) is 18.5 Å². The van der Waals surface area contributed by atoms with Crippen LogP contribution in [0, 0.1) is 6.92 Å². The van der Waals surface area contributed by atoms with E-state index in [1.54, 1.807) is 6.92 Å². The first kappa shape index (κ1) is 20.9. The summed E-state index contributed by atoms with van der Waals surface area (Å²) in [5.74, 6) is -1.77. The summed E-state index contributed by atoms with van der Waals surface area (Å²) in [6, 6.07) is 0. The maximum atomic E-state index is 11.7. The molecule has 1 aliphatic heterocycles. The van der Waals surface area contributed by atoms with Crippen molar-refractivity contribution in [2.45, 2.75) is 52.2 Å². The van der Waals surface area contributed by atoms with Crippen molar-refractivity contribution in [1.29, 1.82) is 0 Å². The van der Waals surface area contributed by atoms with Crippen molar-refractivity contribution in [3.63, 3.8) is 0 Å². The molecule has 0 amide bonds. The van der Waals surface area contributed by atoms with E-state index in [9.17, 15) is 14.4 Å². The molecule has 11 nitrogen and oxygen atoms in total. The average molecular weight is 427 g/mol. The molecular formula is C17H19ClN4O7. The predicted octanol–water partition coefficient (Wildman–Crippen LogP) is 1.11. The van der Waals surface area contributed by atoms with Crippen LogP contribution >= 0.6 is 11.6 Å². The van der Waals surface area contributed by atoms with Gasteiger partial charge in [-0.2, -0.15) is 10.1 Å². The first-order valence-electron chi connectivity index (χ1n) is 8.68. The van der Waals surface area contributed by atoms with Crippen LogP contribution in [0.4, 0.5) is 0 Å². The van der Waals surface area contributed by atoms with E-state index in [4.69, 9.17) is 30.5 Å². The third kappa shape index (κ3) is 4.46. The van der Waals surface area contributed by atoms with Crippen LogP contribution < -0.4 is 0 Å². The van der Waals surface area contributed by atoms with Crippen LogP contribution in [0.1, 0.15) is 32.7 Å². The number of carbonyl (C=O) groups excluding carboxylic acids is 3. The summed E-state index contributed by atoms with van der Waals surface area (Å²) in [4.78, 5) is 42.8. The van der Waals surface area contributed by atoms with Crippen molar-refractivity contribution in [2.24, 2.45) is 0 Å². The molecule has 1 aliphatic rings. The summed E-state index contributed by atoms with van der Waals surface area (Å²) in [5, 5.41) is 4.89. The highest BCUT2D eigenvalue weighted by Crippen LogP contribution is 2.36. The molecule has 3 heterocycles. The van der Waals surface area contributed by atoms with E-state index < -0.39 is 42.4 Å². The molecule has 0 N–H and O–H groups in total. The predicted molar refractivity (Wildman–Crippen MR) is 96.7 cm³/mol. The molecule has 156 valence electrons. The van der Waals surface area contributed by atoms with Crippen LogP contribution in [0.5, 0.6) is 0 Å². The van der Waals surface area contributed by atoms with Crippen LogP contribution in [-0.4, -0.2) is 62.6 Å². The molecule has 0 radical (unpaired) electrons. The number of ether oxygens (including phenoxy) is 4. The lowest BCUT2D eigenvalue weighted by atomic mass is 10.1. The number of hydrogen-bond donors (Lipinski definition) is 0. The standard InChI is InChI=1S/C17H19ClN4O7/c1-7-11-5-19-22(15(11)21-17(18)20-7)16-14(28-10(4)25)13(27-9(3)24)12(29-16)6-26-8(2)23/h5,12-14,16H,6H2,1-4H3/t12-,13-,14-,16-/m1/s1. The summed E-state index contributed by atoms with van der Waals surface area (Å²) >= 11 is 5.97. The van der Waals surface area contributed by atoms with E-state index >= 15 is 0 Å². The lowest BCUT2D eigenvalue weighted by Gasteiger charge is -2.23. The van der Waals surface area contributed by atoms with E-state index in [1.807, 2.05) is 0 Å². The van der Waals surface area contributed by atoms with Crippen LogP contribution in [0.3, 0.4) is 0 Å². The van der Waals surface area contributed by atoms with Gasteiger partial charge in [0.15, 0.2) is 24.1 Å². The van der Waals surface area contributed by atoms with Crippen molar-refractivity contribution in [2.75, 3.05) is 6.61 Å². The highest BCUT2D eigenvalue weighted by Gasteiger charge is 2.51. The van der Waals surface area contributed by atoms with Crippen molar-refractivity contribution >= 4 is 40.5 Å². The molecule has 4 atom stereocenters. The minimum atomic E-state index is -1.06. The largest absolute Gasteiger partial charge is 0.463 e. The minimum absolute atomic E-state index is 0.00628. The first-order valence-corrected chi connectivity index (χ1v) is 9.05. The Bertz CT molecular complexity index is 963. The number of halogens is 1. The maximum Gasteiger partial charge on any atom is 0.303 e.